The van der Waals surface area contributed by atoms with Gasteiger partial charge in [-0.25, -0.2) is 16.8 Å². The lowest BCUT2D eigenvalue weighted by molar-refractivity contribution is -0.125. The van der Waals surface area contributed by atoms with Gasteiger partial charge in [0, 0.05) is 38.6 Å². The zero-order chi connectivity index (χ0) is 20.9. The van der Waals surface area contributed by atoms with Crippen molar-refractivity contribution in [3.8, 4) is 0 Å². The van der Waals surface area contributed by atoms with Crippen molar-refractivity contribution in [2.24, 2.45) is 5.92 Å². The Labute approximate surface area is 172 Å². The molecule has 162 valence electrons. The summed E-state index contributed by atoms with van der Waals surface area (Å²) >= 11 is 0. The average molecular weight is 446 g/mol. The van der Waals surface area contributed by atoms with E-state index in [0.29, 0.717) is 39.1 Å². The molecule has 2 heterocycles. The van der Waals surface area contributed by atoms with Crippen molar-refractivity contribution >= 4 is 26.0 Å². The lowest BCUT2D eigenvalue weighted by Gasteiger charge is -2.30. The molecule has 0 aromatic heterocycles. The zero-order valence-electron chi connectivity index (χ0n) is 16.2. The van der Waals surface area contributed by atoms with Gasteiger partial charge in [0.05, 0.1) is 23.9 Å². The highest BCUT2D eigenvalue weighted by Crippen LogP contribution is 2.23. The van der Waals surface area contributed by atoms with Gasteiger partial charge in [0.25, 0.3) is 0 Å². The highest BCUT2D eigenvalue weighted by Gasteiger charge is 2.32. The summed E-state index contributed by atoms with van der Waals surface area (Å²) < 4.78 is 57.8. The molecule has 2 fully saturated rings. The highest BCUT2D eigenvalue weighted by atomic mass is 32.2. The molecule has 0 spiro atoms. The second kappa shape index (κ2) is 9.52. The van der Waals surface area contributed by atoms with Gasteiger partial charge >= 0.3 is 0 Å². The maximum atomic E-state index is 12.6. The van der Waals surface area contributed by atoms with Crippen molar-refractivity contribution in [1.82, 2.24) is 13.9 Å². The van der Waals surface area contributed by atoms with E-state index in [1.807, 2.05) is 0 Å². The Hall–Kier alpha value is -1.53. The Morgan fingerprint density at radius 2 is 1.59 bits per heavy atom. The molecule has 29 heavy (non-hydrogen) atoms. The molecule has 0 saturated carbocycles. The van der Waals surface area contributed by atoms with E-state index in [2.05, 4.69) is 5.32 Å². The standard InChI is InChI=1S/C18H27N3O6S2/c22-18(19-8-15-28(23,24)20-11-13-27-14-12-20)16-6-9-21(10-7-16)29(25,26)17-4-2-1-3-5-17/h1-5,16H,6-15H2,(H,19,22). The molecular formula is C18H27N3O6S2. The quantitative estimate of drug-likeness (QED) is 0.625. The number of carbonyl (C=O) groups excluding carboxylic acids is 1. The maximum absolute atomic E-state index is 12.6. The van der Waals surface area contributed by atoms with Gasteiger partial charge in [0.15, 0.2) is 0 Å². The topological polar surface area (TPSA) is 113 Å². The minimum absolute atomic E-state index is 0.0427. The number of nitrogens with zero attached hydrogens (tertiary/aromatic N) is 2. The van der Waals surface area contributed by atoms with Gasteiger partial charge in [-0.05, 0) is 25.0 Å². The third-order valence-electron chi connectivity index (χ3n) is 5.23. The van der Waals surface area contributed by atoms with E-state index < -0.39 is 20.0 Å². The molecule has 3 rings (SSSR count). The highest BCUT2D eigenvalue weighted by molar-refractivity contribution is 7.89. The first-order valence-corrected chi connectivity index (χ1v) is 12.7. The van der Waals surface area contributed by atoms with Crippen molar-refractivity contribution in [2.45, 2.75) is 17.7 Å². The largest absolute Gasteiger partial charge is 0.379 e. The molecule has 1 aromatic carbocycles. The number of nitrogens with one attached hydrogen (secondary N) is 1. The minimum Gasteiger partial charge on any atom is -0.379 e. The van der Waals surface area contributed by atoms with Crippen molar-refractivity contribution in [3.63, 3.8) is 0 Å². The Kier molecular flexibility index (Phi) is 7.28. The molecule has 0 radical (unpaired) electrons. The van der Waals surface area contributed by atoms with E-state index in [4.69, 9.17) is 4.74 Å². The zero-order valence-corrected chi connectivity index (χ0v) is 17.8. The number of morpholine rings is 1. The average Bonchev–Trinajstić information content (AvgIpc) is 2.75. The van der Waals surface area contributed by atoms with Crippen LogP contribution in [0.1, 0.15) is 12.8 Å². The Morgan fingerprint density at radius 3 is 2.21 bits per heavy atom. The van der Waals surface area contributed by atoms with Crippen molar-refractivity contribution in [1.29, 1.82) is 0 Å². The summed E-state index contributed by atoms with van der Waals surface area (Å²) in [6, 6.07) is 8.23. The van der Waals surface area contributed by atoms with E-state index in [0.717, 1.165) is 0 Å². The molecule has 0 aliphatic carbocycles. The molecule has 0 atom stereocenters. The lowest BCUT2D eigenvalue weighted by Crippen LogP contribution is -2.45. The van der Waals surface area contributed by atoms with Crippen LogP contribution in [0, 0.1) is 5.92 Å². The summed E-state index contributed by atoms with van der Waals surface area (Å²) in [6.45, 7) is 2.02. The van der Waals surface area contributed by atoms with Gasteiger partial charge in [0.1, 0.15) is 0 Å². The SMILES string of the molecule is O=C(NCCS(=O)(=O)N1CCOCC1)C1CCN(S(=O)(=O)c2ccccc2)CC1. The van der Waals surface area contributed by atoms with Gasteiger partial charge < -0.3 is 10.1 Å². The number of piperidine rings is 1. The third-order valence-corrected chi connectivity index (χ3v) is 9.01. The molecule has 0 bridgehead atoms. The van der Waals surface area contributed by atoms with Crippen LogP contribution in [0.15, 0.2) is 35.2 Å². The fourth-order valence-electron chi connectivity index (χ4n) is 3.50. The Bertz CT molecular complexity index is 891. The van der Waals surface area contributed by atoms with Crippen molar-refractivity contribution in [3.05, 3.63) is 30.3 Å². The second-order valence-electron chi connectivity index (χ2n) is 7.11. The van der Waals surface area contributed by atoms with Crippen LogP contribution in [0.3, 0.4) is 0 Å². The predicted molar refractivity (Wildman–Crippen MR) is 107 cm³/mol. The smallest absolute Gasteiger partial charge is 0.243 e. The summed E-state index contributed by atoms with van der Waals surface area (Å²) in [6.07, 6.45) is 0.822. The molecule has 2 saturated heterocycles. The Balaban J connectivity index is 1.45. The molecule has 1 aromatic rings. The fraction of sp³-hybridized carbons (Fsp3) is 0.611. The molecule has 11 heteroatoms. The number of benzene rings is 1. The predicted octanol–water partition coefficient (Wildman–Crippen LogP) is -0.134. The monoisotopic (exact) mass is 445 g/mol. The van der Waals surface area contributed by atoms with Crippen LogP contribution in [0.4, 0.5) is 0 Å². The summed E-state index contributed by atoms with van der Waals surface area (Å²) in [5.74, 6) is -0.692. The van der Waals surface area contributed by atoms with Crippen LogP contribution in [0.25, 0.3) is 0 Å². The molecule has 1 amide bonds. The first-order chi connectivity index (χ1) is 13.8. The minimum atomic E-state index is -3.55. The fourth-order valence-corrected chi connectivity index (χ4v) is 6.32. The van der Waals surface area contributed by atoms with Gasteiger partial charge in [0.2, 0.25) is 26.0 Å². The van der Waals surface area contributed by atoms with E-state index in [1.54, 1.807) is 30.3 Å². The number of hydrogen-bond donors (Lipinski definition) is 1. The van der Waals surface area contributed by atoms with E-state index in [1.165, 1.54) is 8.61 Å². The van der Waals surface area contributed by atoms with E-state index >= 15 is 0 Å². The summed E-state index contributed by atoms with van der Waals surface area (Å²) in [5.41, 5.74) is 0. The molecule has 0 unspecified atom stereocenters. The van der Waals surface area contributed by atoms with E-state index in [9.17, 15) is 21.6 Å². The van der Waals surface area contributed by atoms with Crippen LogP contribution in [0.5, 0.6) is 0 Å². The van der Waals surface area contributed by atoms with Gasteiger partial charge in [-0.1, -0.05) is 18.2 Å². The van der Waals surface area contributed by atoms with Crippen LogP contribution in [-0.4, -0.2) is 83.0 Å². The number of ether oxygens (including phenoxy) is 1. The van der Waals surface area contributed by atoms with Gasteiger partial charge in [-0.2, -0.15) is 8.61 Å². The van der Waals surface area contributed by atoms with Crippen molar-refractivity contribution in [2.75, 3.05) is 51.7 Å². The molecular weight excluding hydrogens is 418 g/mol. The molecule has 1 N–H and O–H groups in total. The lowest BCUT2D eigenvalue weighted by atomic mass is 9.97. The Morgan fingerprint density at radius 1 is 0.966 bits per heavy atom. The summed E-state index contributed by atoms with van der Waals surface area (Å²) in [4.78, 5) is 12.6. The summed E-state index contributed by atoms with van der Waals surface area (Å²) in [5, 5.41) is 2.69. The molecule has 9 nitrogen and oxygen atoms in total. The first kappa shape index (κ1) is 22.2. The number of sulfonamides is 2. The second-order valence-corrected chi connectivity index (χ2v) is 11.1. The van der Waals surface area contributed by atoms with Crippen LogP contribution in [-0.2, 0) is 29.6 Å². The maximum Gasteiger partial charge on any atom is 0.243 e. The summed E-state index contributed by atoms with van der Waals surface area (Å²) in [7, 11) is -6.97. The third kappa shape index (κ3) is 5.54. The number of rotatable bonds is 7. The first-order valence-electron chi connectivity index (χ1n) is 9.69. The molecule has 2 aliphatic rings. The van der Waals surface area contributed by atoms with Crippen LogP contribution in [0.2, 0.25) is 0 Å². The van der Waals surface area contributed by atoms with Crippen molar-refractivity contribution < 1.29 is 26.4 Å². The number of amides is 1. The van der Waals surface area contributed by atoms with Crippen LogP contribution < -0.4 is 5.32 Å². The van der Waals surface area contributed by atoms with E-state index in [-0.39, 0.29) is 42.1 Å². The van der Waals surface area contributed by atoms with Gasteiger partial charge in [-0.15, -0.1) is 0 Å². The number of carbonyl (C=O) groups is 1. The van der Waals surface area contributed by atoms with Crippen LogP contribution >= 0.6 is 0 Å². The van der Waals surface area contributed by atoms with Gasteiger partial charge in [-0.3, -0.25) is 4.79 Å². The normalized spacial score (nSPS) is 20.4. The molecule has 2 aliphatic heterocycles. The number of hydrogen-bond acceptors (Lipinski definition) is 6.